The van der Waals surface area contributed by atoms with Crippen LogP contribution < -0.4 is 10.5 Å². The molecular weight excluding hydrogens is 534 g/mol. The van der Waals surface area contributed by atoms with Crippen LogP contribution >= 0.6 is 11.3 Å². The summed E-state index contributed by atoms with van der Waals surface area (Å²) in [5.74, 6) is -0.172. The molecule has 216 valence electrons. The summed E-state index contributed by atoms with van der Waals surface area (Å²) in [5, 5.41) is 10.9. The van der Waals surface area contributed by atoms with E-state index in [0.717, 1.165) is 68.5 Å². The quantitative estimate of drug-likeness (QED) is 0.283. The minimum Gasteiger partial charge on any atom is -0.458 e. The molecule has 1 unspecified atom stereocenters. The molecule has 0 saturated carbocycles. The van der Waals surface area contributed by atoms with Gasteiger partial charge in [-0.05, 0) is 95.9 Å². The number of carbonyl (C=O) groups is 1. The highest BCUT2D eigenvalue weighted by Crippen LogP contribution is 2.54. The van der Waals surface area contributed by atoms with Crippen LogP contribution in [0.4, 0.5) is 5.00 Å². The van der Waals surface area contributed by atoms with E-state index in [9.17, 15) is 10.1 Å². The molecule has 41 heavy (non-hydrogen) atoms. The van der Waals surface area contributed by atoms with E-state index in [1.807, 2.05) is 19.0 Å². The molecule has 2 N–H and O–H groups in total. The largest absolute Gasteiger partial charge is 0.458 e. The highest BCUT2D eigenvalue weighted by molar-refractivity contribution is 7.16. The van der Waals surface area contributed by atoms with Gasteiger partial charge in [-0.25, -0.2) is 9.98 Å². The van der Waals surface area contributed by atoms with Gasteiger partial charge in [-0.15, -0.1) is 11.3 Å². The van der Waals surface area contributed by atoms with Crippen LogP contribution in [-0.4, -0.2) is 70.7 Å². The van der Waals surface area contributed by atoms with Gasteiger partial charge < -0.3 is 15.4 Å². The minimum absolute atomic E-state index is 0.0409. The second-order valence-electron chi connectivity index (χ2n) is 12.2. The molecule has 2 aromatic heterocycles. The summed E-state index contributed by atoms with van der Waals surface area (Å²) in [6.07, 6.45) is 12.8. The lowest BCUT2D eigenvalue weighted by molar-refractivity contribution is 0.0402. The average molecular weight is 574 g/mol. The van der Waals surface area contributed by atoms with Gasteiger partial charge in [0.1, 0.15) is 22.9 Å². The third-order valence-corrected chi connectivity index (χ3v) is 10.9. The molecule has 2 aliphatic heterocycles. The Bertz CT molecular complexity index is 1440. The van der Waals surface area contributed by atoms with Gasteiger partial charge in [0, 0.05) is 41.9 Å². The molecule has 10 heteroatoms. The number of aliphatic imine (C=N–C) groups is 1. The van der Waals surface area contributed by atoms with Crippen molar-refractivity contribution in [2.75, 3.05) is 27.2 Å². The van der Waals surface area contributed by atoms with Crippen molar-refractivity contribution >= 4 is 28.5 Å². The fraction of sp³-hybridized carbons (Fsp3) is 0.581. The number of thiophene rings is 1. The number of nitriles is 1. The first-order valence-electron chi connectivity index (χ1n) is 14.8. The zero-order valence-corrected chi connectivity index (χ0v) is 25.1. The van der Waals surface area contributed by atoms with E-state index in [1.165, 1.54) is 12.8 Å². The van der Waals surface area contributed by atoms with Gasteiger partial charge >= 0.3 is 6.01 Å². The van der Waals surface area contributed by atoms with Gasteiger partial charge in [-0.1, -0.05) is 0 Å². The van der Waals surface area contributed by atoms with Crippen LogP contribution in [0.15, 0.2) is 28.5 Å². The van der Waals surface area contributed by atoms with Gasteiger partial charge in [0.2, 0.25) is 5.78 Å². The highest BCUT2D eigenvalue weighted by atomic mass is 32.1. The maximum absolute atomic E-state index is 14.0. The summed E-state index contributed by atoms with van der Waals surface area (Å²) in [7, 11) is 3.82. The molecule has 4 heterocycles. The monoisotopic (exact) mass is 573 g/mol. The van der Waals surface area contributed by atoms with Gasteiger partial charge in [-0.3, -0.25) is 9.69 Å². The topological polar surface area (TPSA) is 121 Å². The molecule has 2 aromatic rings. The molecule has 0 bridgehead atoms. The van der Waals surface area contributed by atoms with Crippen LogP contribution in [0.25, 0.3) is 0 Å². The van der Waals surface area contributed by atoms with Crippen LogP contribution in [0.3, 0.4) is 0 Å². The fourth-order valence-electron chi connectivity index (χ4n) is 7.83. The van der Waals surface area contributed by atoms with Crippen molar-refractivity contribution in [2.45, 2.75) is 88.2 Å². The van der Waals surface area contributed by atoms with E-state index >= 15 is 0 Å². The third-order valence-electron chi connectivity index (χ3n) is 9.72. The Kier molecular flexibility index (Phi) is 7.37. The van der Waals surface area contributed by atoms with Crippen molar-refractivity contribution in [1.82, 2.24) is 19.8 Å². The zero-order valence-electron chi connectivity index (χ0n) is 24.3. The average Bonchev–Trinajstić information content (AvgIpc) is 3.66. The Labute approximate surface area is 246 Å². The van der Waals surface area contributed by atoms with Crippen molar-refractivity contribution in [2.24, 2.45) is 10.7 Å². The Morgan fingerprint density at radius 3 is 2.66 bits per heavy atom. The summed E-state index contributed by atoms with van der Waals surface area (Å²) >= 11 is 1.58. The Balaban J connectivity index is 1.32. The van der Waals surface area contributed by atoms with Gasteiger partial charge in [0.05, 0.1) is 17.4 Å². The van der Waals surface area contributed by atoms with Crippen molar-refractivity contribution in [3.05, 3.63) is 45.2 Å². The van der Waals surface area contributed by atoms with Gasteiger partial charge in [0.15, 0.2) is 0 Å². The molecule has 2 aliphatic carbocycles. The molecule has 0 amide bonds. The van der Waals surface area contributed by atoms with Crippen LogP contribution in [0.1, 0.15) is 91.2 Å². The first-order chi connectivity index (χ1) is 19.8. The number of rotatable bonds is 7. The van der Waals surface area contributed by atoms with Crippen LogP contribution in [0.5, 0.6) is 6.01 Å². The lowest BCUT2D eigenvalue weighted by atomic mass is 9.62. The molecular formula is C31H39N7O2S. The van der Waals surface area contributed by atoms with Crippen molar-refractivity contribution in [1.29, 1.82) is 5.26 Å². The number of hydrogen-bond donors (Lipinski definition) is 1. The first-order valence-corrected chi connectivity index (χ1v) is 15.7. The van der Waals surface area contributed by atoms with E-state index in [1.54, 1.807) is 29.9 Å². The number of allylic oxidation sites excluding steroid dienone is 2. The molecule has 2 fully saturated rings. The van der Waals surface area contributed by atoms with E-state index in [2.05, 4.69) is 32.9 Å². The lowest BCUT2D eigenvalue weighted by Crippen LogP contribution is -2.50. The smallest absolute Gasteiger partial charge is 0.317 e. The van der Waals surface area contributed by atoms with Crippen LogP contribution in [-0.2, 0) is 11.8 Å². The van der Waals surface area contributed by atoms with E-state index in [4.69, 9.17) is 10.5 Å². The molecule has 2 saturated heterocycles. The predicted octanol–water partition coefficient (Wildman–Crippen LogP) is 4.88. The summed E-state index contributed by atoms with van der Waals surface area (Å²) in [4.78, 5) is 33.1. The predicted molar refractivity (Wildman–Crippen MR) is 160 cm³/mol. The molecule has 0 aromatic carbocycles. The molecule has 4 aliphatic rings. The highest BCUT2D eigenvalue weighted by Gasteiger charge is 2.50. The number of aromatic nitrogens is 2. The molecule has 6 rings (SSSR count). The second kappa shape index (κ2) is 10.8. The molecule has 0 radical (unpaired) electrons. The molecule has 2 atom stereocenters. The standard InChI is InChI=1S/C31H39N7O2S/c1-20(31-13-6-16-38(31)17-7-14-31)40-29-34-15-10-23(36-29)26(39)21-8-4-11-30(27(21)33)12-5-9-24-25(30)22(18-32)28(41-24)35-19-37(2)3/h10,15,19-20H,4-9,11-14,16-17,33H2,1-3H3/b35-19+/t20?,30-/m0/s1. The number of Topliss-reactive ketones (excluding diaryl/α,β-unsaturated/α-hetero) is 1. The summed E-state index contributed by atoms with van der Waals surface area (Å²) in [6.45, 7) is 4.34. The maximum Gasteiger partial charge on any atom is 0.317 e. The van der Waals surface area contributed by atoms with Crippen molar-refractivity contribution in [3.63, 3.8) is 0 Å². The zero-order chi connectivity index (χ0) is 28.8. The van der Waals surface area contributed by atoms with Gasteiger partial charge in [-0.2, -0.15) is 10.2 Å². The number of hydrogen-bond acceptors (Lipinski definition) is 9. The Morgan fingerprint density at radius 2 is 1.95 bits per heavy atom. The Morgan fingerprint density at radius 1 is 1.22 bits per heavy atom. The Hall–Kier alpha value is -3.29. The fourth-order valence-corrected chi connectivity index (χ4v) is 9.06. The number of ketones is 1. The number of carbonyl (C=O) groups excluding carboxylic acids is 1. The van der Waals surface area contributed by atoms with E-state index < -0.39 is 5.41 Å². The number of nitrogens with zero attached hydrogens (tertiary/aromatic N) is 6. The summed E-state index contributed by atoms with van der Waals surface area (Å²) in [5.41, 5.74) is 9.58. The lowest BCUT2D eigenvalue weighted by Gasteiger charge is -2.42. The number of fused-ring (bicyclic) bond motifs is 3. The van der Waals surface area contributed by atoms with Crippen LogP contribution in [0.2, 0.25) is 0 Å². The molecule has 1 spiro atoms. The maximum atomic E-state index is 14.0. The number of aryl methyl sites for hydroxylation is 1. The summed E-state index contributed by atoms with van der Waals surface area (Å²) < 4.78 is 6.32. The third kappa shape index (κ3) is 4.63. The number of nitrogens with two attached hydrogens (primary N) is 1. The number of ether oxygens (including phenoxy) is 1. The minimum atomic E-state index is -0.529. The normalized spacial score (nSPS) is 24.3. The van der Waals surface area contributed by atoms with E-state index in [0.29, 0.717) is 33.9 Å². The second-order valence-corrected chi connectivity index (χ2v) is 13.3. The first kappa shape index (κ1) is 27.9. The van der Waals surface area contributed by atoms with Crippen molar-refractivity contribution < 1.29 is 9.53 Å². The van der Waals surface area contributed by atoms with Crippen molar-refractivity contribution in [3.8, 4) is 12.1 Å². The summed E-state index contributed by atoms with van der Waals surface area (Å²) in [6, 6.07) is 4.33. The molecule has 9 nitrogen and oxygen atoms in total. The van der Waals surface area contributed by atoms with E-state index in [-0.39, 0.29) is 23.4 Å². The van der Waals surface area contributed by atoms with Gasteiger partial charge in [0.25, 0.3) is 0 Å². The SMILES string of the molecule is CC(Oc1nccc(C(=O)C2=C(N)[C@@]3(CCC2)CCCc2sc(/N=C/N(C)C)c(C#N)c23)n1)C12CCCN1CCC2. The van der Waals surface area contributed by atoms with Crippen LogP contribution in [0, 0.1) is 11.3 Å².